The van der Waals surface area contributed by atoms with Crippen LogP contribution in [0.3, 0.4) is 0 Å². The number of carbonyl (C=O) groups is 1. The Morgan fingerprint density at radius 1 is 1.50 bits per heavy atom. The van der Waals surface area contributed by atoms with Crippen LogP contribution in [0.5, 0.6) is 0 Å². The third-order valence-corrected chi connectivity index (χ3v) is 3.03. The van der Waals surface area contributed by atoms with Crippen molar-refractivity contribution in [2.75, 3.05) is 20.2 Å². The van der Waals surface area contributed by atoms with E-state index >= 15 is 0 Å². The van der Waals surface area contributed by atoms with Crippen LogP contribution in [0.25, 0.3) is 0 Å². The zero-order chi connectivity index (χ0) is 13.1. The molecule has 0 aromatic heterocycles. The van der Waals surface area contributed by atoms with Crippen molar-refractivity contribution in [1.82, 2.24) is 4.90 Å². The van der Waals surface area contributed by atoms with Crippen LogP contribution < -0.4 is 0 Å². The fourth-order valence-electron chi connectivity index (χ4n) is 2.05. The lowest BCUT2D eigenvalue weighted by atomic mass is 10.1. The quantitative estimate of drug-likeness (QED) is 0.828. The number of carbonyl (C=O) groups excluding carboxylic acids is 1. The van der Waals surface area contributed by atoms with Crippen molar-refractivity contribution in [2.24, 2.45) is 0 Å². The van der Waals surface area contributed by atoms with Crippen LogP contribution in [-0.4, -0.2) is 37.1 Å². The van der Waals surface area contributed by atoms with Crippen molar-refractivity contribution < 1.29 is 18.3 Å². The standard InChI is InChI=1S/C13H15F2NO2/c1-16(8-9-4-3-7-18-9)13(17)10-5-2-6-11(14)12(10)15/h2,5-6,9H,3-4,7-8H2,1H3. The highest BCUT2D eigenvalue weighted by Gasteiger charge is 2.23. The molecule has 0 aliphatic carbocycles. The van der Waals surface area contributed by atoms with E-state index in [1.807, 2.05) is 0 Å². The van der Waals surface area contributed by atoms with Gasteiger partial charge in [-0.15, -0.1) is 0 Å². The van der Waals surface area contributed by atoms with Gasteiger partial charge in [0.2, 0.25) is 0 Å². The lowest BCUT2D eigenvalue weighted by molar-refractivity contribution is 0.0583. The van der Waals surface area contributed by atoms with Crippen LogP contribution in [0.4, 0.5) is 8.78 Å². The molecule has 1 atom stereocenters. The molecule has 1 fully saturated rings. The summed E-state index contributed by atoms with van der Waals surface area (Å²) in [5.74, 6) is -2.63. The first-order valence-electron chi connectivity index (χ1n) is 5.90. The Morgan fingerprint density at radius 2 is 2.28 bits per heavy atom. The van der Waals surface area contributed by atoms with E-state index in [-0.39, 0.29) is 11.7 Å². The molecule has 1 heterocycles. The highest BCUT2D eigenvalue weighted by Crippen LogP contribution is 2.16. The minimum absolute atomic E-state index is 0.00410. The van der Waals surface area contributed by atoms with Crippen LogP contribution in [-0.2, 0) is 4.74 Å². The van der Waals surface area contributed by atoms with Crippen molar-refractivity contribution in [1.29, 1.82) is 0 Å². The molecule has 1 aliphatic rings. The number of hydrogen-bond acceptors (Lipinski definition) is 2. The first-order valence-corrected chi connectivity index (χ1v) is 5.90. The Kier molecular flexibility index (Phi) is 3.91. The molecule has 1 saturated heterocycles. The van der Waals surface area contributed by atoms with Gasteiger partial charge in [0, 0.05) is 20.2 Å². The van der Waals surface area contributed by atoms with Gasteiger partial charge >= 0.3 is 0 Å². The van der Waals surface area contributed by atoms with E-state index in [4.69, 9.17) is 4.74 Å². The summed E-state index contributed by atoms with van der Waals surface area (Å²) < 4.78 is 31.9. The van der Waals surface area contributed by atoms with Gasteiger partial charge < -0.3 is 9.64 Å². The number of halogens is 2. The first-order chi connectivity index (χ1) is 8.59. The van der Waals surface area contributed by atoms with Gasteiger partial charge in [0.1, 0.15) is 0 Å². The number of benzene rings is 1. The van der Waals surface area contributed by atoms with Crippen molar-refractivity contribution in [3.8, 4) is 0 Å². The number of likely N-dealkylation sites (N-methyl/N-ethyl adjacent to an activating group) is 1. The summed E-state index contributed by atoms with van der Waals surface area (Å²) in [6, 6.07) is 3.60. The van der Waals surface area contributed by atoms with E-state index in [2.05, 4.69) is 0 Å². The Hall–Kier alpha value is -1.49. The summed E-state index contributed by atoms with van der Waals surface area (Å²) >= 11 is 0. The molecule has 0 bridgehead atoms. The van der Waals surface area contributed by atoms with Crippen molar-refractivity contribution >= 4 is 5.91 Å². The van der Waals surface area contributed by atoms with Gasteiger partial charge in [-0.25, -0.2) is 8.78 Å². The van der Waals surface area contributed by atoms with Crippen LogP contribution in [0, 0.1) is 11.6 Å². The molecule has 1 amide bonds. The zero-order valence-electron chi connectivity index (χ0n) is 10.2. The Morgan fingerprint density at radius 3 is 2.94 bits per heavy atom. The van der Waals surface area contributed by atoms with Crippen LogP contribution in [0.2, 0.25) is 0 Å². The van der Waals surface area contributed by atoms with E-state index < -0.39 is 17.5 Å². The van der Waals surface area contributed by atoms with Gasteiger partial charge in [-0.3, -0.25) is 4.79 Å². The second-order valence-corrected chi connectivity index (χ2v) is 4.42. The zero-order valence-corrected chi connectivity index (χ0v) is 10.2. The third kappa shape index (κ3) is 2.67. The van der Waals surface area contributed by atoms with E-state index in [9.17, 15) is 13.6 Å². The summed E-state index contributed by atoms with van der Waals surface area (Å²) in [7, 11) is 1.56. The lowest BCUT2D eigenvalue weighted by Crippen LogP contribution is -2.34. The maximum atomic E-state index is 13.5. The SMILES string of the molecule is CN(CC1CCCO1)C(=O)c1cccc(F)c1F. The molecular weight excluding hydrogens is 240 g/mol. The van der Waals surface area contributed by atoms with E-state index in [0.717, 1.165) is 18.9 Å². The number of hydrogen-bond donors (Lipinski definition) is 0. The smallest absolute Gasteiger partial charge is 0.256 e. The van der Waals surface area contributed by atoms with Gasteiger partial charge in [0.05, 0.1) is 11.7 Å². The number of ether oxygens (including phenoxy) is 1. The monoisotopic (exact) mass is 255 g/mol. The molecule has 0 spiro atoms. The molecule has 0 saturated carbocycles. The summed E-state index contributed by atoms with van der Waals surface area (Å²) in [5, 5.41) is 0. The summed E-state index contributed by atoms with van der Waals surface area (Å²) in [6.45, 7) is 1.09. The van der Waals surface area contributed by atoms with Gasteiger partial charge in [-0.1, -0.05) is 6.07 Å². The highest BCUT2D eigenvalue weighted by molar-refractivity contribution is 5.94. The molecule has 0 radical (unpaired) electrons. The highest BCUT2D eigenvalue weighted by atomic mass is 19.2. The van der Waals surface area contributed by atoms with Crippen LogP contribution >= 0.6 is 0 Å². The number of nitrogens with zero attached hydrogens (tertiary/aromatic N) is 1. The molecule has 5 heteroatoms. The van der Waals surface area contributed by atoms with E-state index in [0.29, 0.717) is 13.2 Å². The van der Waals surface area contributed by atoms with Gasteiger partial charge in [-0.2, -0.15) is 0 Å². The third-order valence-electron chi connectivity index (χ3n) is 3.03. The molecule has 0 N–H and O–H groups in total. The molecule has 1 aromatic carbocycles. The first kappa shape index (κ1) is 13.0. The molecule has 98 valence electrons. The predicted molar refractivity (Wildman–Crippen MR) is 62.3 cm³/mol. The lowest BCUT2D eigenvalue weighted by Gasteiger charge is -2.21. The van der Waals surface area contributed by atoms with Crippen molar-refractivity contribution in [2.45, 2.75) is 18.9 Å². The second kappa shape index (κ2) is 5.44. The number of amides is 1. The summed E-state index contributed by atoms with van der Waals surface area (Å²) in [4.78, 5) is 13.3. The fourth-order valence-corrected chi connectivity index (χ4v) is 2.05. The van der Waals surface area contributed by atoms with Crippen LogP contribution in [0.15, 0.2) is 18.2 Å². The average molecular weight is 255 g/mol. The van der Waals surface area contributed by atoms with Gasteiger partial charge in [0.15, 0.2) is 11.6 Å². The van der Waals surface area contributed by atoms with E-state index in [1.54, 1.807) is 7.05 Å². The van der Waals surface area contributed by atoms with Crippen molar-refractivity contribution in [3.63, 3.8) is 0 Å². The predicted octanol–water partition coefficient (Wildman–Crippen LogP) is 2.22. The maximum absolute atomic E-state index is 13.5. The molecule has 3 nitrogen and oxygen atoms in total. The topological polar surface area (TPSA) is 29.5 Å². The maximum Gasteiger partial charge on any atom is 0.256 e. The largest absolute Gasteiger partial charge is 0.376 e. The minimum atomic E-state index is -1.10. The molecule has 1 aliphatic heterocycles. The Balaban J connectivity index is 2.07. The summed E-state index contributed by atoms with van der Waals surface area (Å²) in [5.41, 5.74) is -0.240. The fraction of sp³-hybridized carbons (Fsp3) is 0.462. The summed E-state index contributed by atoms with van der Waals surface area (Å²) in [6.07, 6.45) is 1.86. The average Bonchev–Trinajstić information content (AvgIpc) is 2.84. The Labute approximate surface area is 104 Å². The normalized spacial score (nSPS) is 18.9. The minimum Gasteiger partial charge on any atom is -0.376 e. The second-order valence-electron chi connectivity index (χ2n) is 4.42. The van der Waals surface area contributed by atoms with Gasteiger partial charge in [-0.05, 0) is 25.0 Å². The molecular formula is C13H15F2NO2. The molecule has 2 rings (SSSR count). The molecule has 18 heavy (non-hydrogen) atoms. The Bertz CT molecular complexity index is 445. The molecule has 1 aromatic rings. The van der Waals surface area contributed by atoms with Gasteiger partial charge in [0.25, 0.3) is 5.91 Å². The molecule has 1 unspecified atom stereocenters. The number of rotatable bonds is 3. The van der Waals surface area contributed by atoms with Crippen molar-refractivity contribution in [3.05, 3.63) is 35.4 Å². The van der Waals surface area contributed by atoms with E-state index in [1.165, 1.54) is 17.0 Å². The van der Waals surface area contributed by atoms with Crippen LogP contribution in [0.1, 0.15) is 23.2 Å².